The molecule has 0 aromatic rings. The zero-order valence-electron chi connectivity index (χ0n) is 39.8. The zero-order valence-corrected chi connectivity index (χ0v) is 39.8. The van der Waals surface area contributed by atoms with Crippen LogP contribution in [0, 0.1) is 23.7 Å². The first kappa shape index (κ1) is 55.5. The number of aliphatic carboxylic acids is 2. The van der Waals surface area contributed by atoms with E-state index >= 15 is 0 Å². The molecule has 374 valence electrons. The van der Waals surface area contributed by atoms with Gasteiger partial charge in [-0.15, -0.1) is 0 Å². The number of ether oxygens (including phenoxy) is 9. The van der Waals surface area contributed by atoms with Gasteiger partial charge in [0.05, 0.1) is 114 Å². The van der Waals surface area contributed by atoms with Crippen molar-refractivity contribution in [3.05, 3.63) is 36.0 Å². The van der Waals surface area contributed by atoms with Crippen LogP contribution in [0.2, 0.25) is 0 Å². The second-order valence-corrected chi connectivity index (χ2v) is 19.3. The Morgan fingerprint density at radius 1 is 0.529 bits per heavy atom. The van der Waals surface area contributed by atoms with Crippen molar-refractivity contribution in [2.24, 2.45) is 23.7 Å². The number of carboxylic acid groups (broad SMARTS) is 2. The number of carbonyl (C=O) groups is 6. The molecule has 10 fully saturated rings. The number of hydrogen-bond donors (Lipinski definition) is 2. The second kappa shape index (κ2) is 26.1. The third kappa shape index (κ3) is 15.3. The van der Waals surface area contributed by atoms with Crippen LogP contribution in [0.15, 0.2) is 36.0 Å². The van der Waals surface area contributed by atoms with Crippen LogP contribution in [-0.4, -0.2) is 146 Å². The molecule has 12 bridgehead atoms. The monoisotopic (exact) mass is 952 g/mol. The predicted octanol–water partition coefficient (Wildman–Crippen LogP) is 2.21. The average Bonchev–Trinajstić information content (AvgIpc) is 4.13. The first-order chi connectivity index (χ1) is 31.7. The summed E-state index contributed by atoms with van der Waals surface area (Å²) in [5.41, 5.74) is 1.02. The van der Waals surface area contributed by atoms with E-state index < -0.39 is 11.9 Å². The minimum atomic E-state index is -0.689. The van der Waals surface area contributed by atoms with E-state index in [1.165, 1.54) is 40.2 Å². The van der Waals surface area contributed by atoms with E-state index in [1.54, 1.807) is 0 Å². The summed E-state index contributed by atoms with van der Waals surface area (Å²) < 4.78 is 46.6. The number of Topliss-reactive ketones (excluding diaryl/α,β-unsaturated/α-hetero) is 1. The Bertz CT molecular complexity index is 1750. The Morgan fingerprint density at radius 2 is 0.897 bits per heavy atom. The zero-order chi connectivity index (χ0) is 46.9. The van der Waals surface area contributed by atoms with E-state index in [0.717, 1.165) is 76.2 Å². The van der Waals surface area contributed by atoms with Crippen molar-refractivity contribution in [1.82, 2.24) is 0 Å². The molecule has 0 aromatic carbocycles. The predicted molar refractivity (Wildman–Crippen MR) is 234 cm³/mol. The van der Waals surface area contributed by atoms with Crippen molar-refractivity contribution in [1.29, 1.82) is 0 Å². The van der Waals surface area contributed by atoms with E-state index in [4.69, 9.17) is 38.6 Å². The van der Waals surface area contributed by atoms with Crippen LogP contribution >= 0.6 is 0 Å². The maximum atomic E-state index is 11.0. The molecule has 16 atom stereocenters. The Kier molecular flexibility index (Phi) is 21.3. The van der Waals surface area contributed by atoms with Gasteiger partial charge in [-0.05, 0) is 112 Å². The molecule has 12 aliphatic heterocycles. The third-order valence-electron chi connectivity index (χ3n) is 14.8. The van der Waals surface area contributed by atoms with Crippen molar-refractivity contribution in [3.8, 4) is 0 Å². The minimum Gasteiger partial charge on any atom is -0.870 e. The summed E-state index contributed by atoms with van der Waals surface area (Å²) in [7, 11) is 4.26. The van der Waals surface area contributed by atoms with Gasteiger partial charge in [-0.2, -0.15) is 0 Å². The quantitative estimate of drug-likeness (QED) is 0.110. The van der Waals surface area contributed by atoms with Gasteiger partial charge in [-0.1, -0.05) is 18.2 Å². The average molecular weight is 953 g/mol. The fraction of sp³-hybridized carbons (Fsp3) is 0.755. The molecule has 0 saturated carbocycles. The first-order valence-corrected chi connectivity index (χ1v) is 23.9. The first-order valence-electron chi connectivity index (χ1n) is 23.9. The van der Waals surface area contributed by atoms with Gasteiger partial charge in [0.15, 0.2) is 5.78 Å². The summed E-state index contributed by atoms with van der Waals surface area (Å²) in [6.45, 7) is 0. The molecule has 0 aromatic heterocycles. The van der Waals surface area contributed by atoms with Crippen molar-refractivity contribution < 1.29 is 106 Å². The number of carbonyl (C=O) groups excluding carboxylic acids is 4. The van der Waals surface area contributed by atoms with E-state index in [9.17, 15) is 28.8 Å². The molecule has 10 saturated heterocycles. The van der Waals surface area contributed by atoms with Gasteiger partial charge in [-0.3, -0.25) is 24.0 Å². The van der Waals surface area contributed by atoms with E-state index in [1.807, 2.05) is 24.3 Å². The van der Waals surface area contributed by atoms with Crippen LogP contribution in [-0.2, 0) is 71.4 Å². The SMILES string of the molecule is COC(=O)C=C1CC2C=C[C@H]1O2.COC(=O)C[C@@H]1CC2CC[C@H]1O2.COC(=O)C[C@H]1CC2CC[C@H]1O2.O=C(O)C[C@@H]1CC2CC[C@H]1O2.O=C(O)C[C@H]1CC2CC[C@H]1O2.O=C1CC2C=C[C@H]1O2.[Li+].[OH-]. The Labute approximate surface area is 410 Å². The molecule has 18 nitrogen and oxygen atoms in total. The Morgan fingerprint density at radius 3 is 1.12 bits per heavy atom. The van der Waals surface area contributed by atoms with Crippen molar-refractivity contribution in [2.75, 3.05) is 21.3 Å². The molecule has 0 aliphatic carbocycles. The van der Waals surface area contributed by atoms with E-state index in [-0.39, 0.29) is 84.7 Å². The number of rotatable bonds is 9. The molecule has 6 unspecified atom stereocenters. The normalized spacial score (nSPS) is 38.0. The van der Waals surface area contributed by atoms with Crippen molar-refractivity contribution in [2.45, 2.75) is 189 Å². The molecule has 3 N–H and O–H groups in total. The molecular weight excluding hydrogens is 883 g/mol. The molecule has 19 heteroatoms. The summed E-state index contributed by atoms with van der Waals surface area (Å²) in [4.78, 5) is 64.2. The minimum absolute atomic E-state index is 0. The summed E-state index contributed by atoms with van der Waals surface area (Å²) in [5.74, 6) is -0.193. The Balaban J connectivity index is 0.000000152. The molecule has 12 heterocycles. The van der Waals surface area contributed by atoms with Gasteiger partial charge in [0, 0.05) is 18.9 Å². The number of esters is 3. The number of carboxylic acids is 2. The van der Waals surface area contributed by atoms with Gasteiger partial charge < -0.3 is 58.3 Å². The molecular formula is C49H69LiO18. The van der Waals surface area contributed by atoms with E-state index in [0.29, 0.717) is 92.4 Å². The standard InChI is InChI=1S/2C9H14O3.C9H10O3.2C8H12O3.C6H6O2.Li.H2O/c3*1-11-9(10)5-6-4-7-2-3-8(6)12-7;2*9-8(10)4-5-3-6-1-2-7(5)11-6;7-5-3-4-1-2-6(5)8-4;;/h2*6-8H,2-5H2,1H3;2-3,5,7-8H,4H2,1H3;2*5-7H,1-4H2,(H,9,10);1-2,4,6H,3H2;;1H2/q;;;;;;+1;/p-1/t6-,7?,8+;6-,7?,8-;7?,8-;5-,6?,7+;5-,6?,7-;4?,6-;;/m011011../s1. The van der Waals surface area contributed by atoms with Crippen LogP contribution in [0.1, 0.15) is 116 Å². The maximum Gasteiger partial charge on any atom is 1.00 e. The number of hydrogen-bond acceptors (Lipinski definition) is 16. The second-order valence-electron chi connectivity index (χ2n) is 19.3. The number of methoxy groups -OCH3 is 3. The molecule has 12 aliphatic rings. The van der Waals surface area contributed by atoms with Gasteiger partial charge in [-0.25, -0.2) is 4.79 Å². The van der Waals surface area contributed by atoms with Gasteiger partial charge in [0.25, 0.3) is 0 Å². The van der Waals surface area contributed by atoms with Crippen LogP contribution in [0.5, 0.6) is 0 Å². The van der Waals surface area contributed by atoms with Gasteiger partial charge in [0.2, 0.25) is 0 Å². The third-order valence-corrected chi connectivity index (χ3v) is 14.8. The molecule has 0 amide bonds. The molecule has 0 spiro atoms. The molecule has 0 radical (unpaired) electrons. The van der Waals surface area contributed by atoms with Crippen LogP contribution < -0.4 is 18.9 Å². The summed E-state index contributed by atoms with van der Waals surface area (Å²) in [6, 6.07) is 0. The van der Waals surface area contributed by atoms with Gasteiger partial charge >= 0.3 is 48.7 Å². The fourth-order valence-electron chi connectivity index (χ4n) is 11.5. The van der Waals surface area contributed by atoms with Crippen molar-refractivity contribution >= 4 is 35.6 Å². The summed E-state index contributed by atoms with van der Waals surface area (Å²) in [6.07, 6.45) is 28.5. The number of fused-ring (bicyclic) bond motifs is 12. The summed E-state index contributed by atoms with van der Waals surface area (Å²) in [5, 5.41) is 17.1. The fourth-order valence-corrected chi connectivity index (χ4v) is 11.5. The molecule has 12 rings (SSSR count). The van der Waals surface area contributed by atoms with Crippen LogP contribution in [0.25, 0.3) is 0 Å². The topological polar surface area (TPSA) is 256 Å². The number of ketones is 1. The summed E-state index contributed by atoms with van der Waals surface area (Å²) >= 11 is 0. The van der Waals surface area contributed by atoms with Crippen LogP contribution in [0.3, 0.4) is 0 Å². The molecule has 68 heavy (non-hydrogen) atoms. The maximum absolute atomic E-state index is 11.0. The Hall–Kier alpha value is -3.44. The van der Waals surface area contributed by atoms with Crippen LogP contribution in [0.4, 0.5) is 0 Å². The van der Waals surface area contributed by atoms with E-state index in [2.05, 4.69) is 14.2 Å². The van der Waals surface area contributed by atoms with Crippen molar-refractivity contribution in [3.63, 3.8) is 0 Å². The largest absolute Gasteiger partial charge is 1.00 e. The smallest absolute Gasteiger partial charge is 0.870 e. The van der Waals surface area contributed by atoms with Gasteiger partial charge in [0.1, 0.15) is 6.10 Å².